The van der Waals surface area contributed by atoms with E-state index in [1.165, 1.54) is 0 Å². The van der Waals surface area contributed by atoms with Gasteiger partial charge < -0.3 is 9.80 Å². The maximum absolute atomic E-state index is 12.4. The van der Waals surface area contributed by atoms with Gasteiger partial charge in [0.25, 0.3) is 0 Å². The minimum atomic E-state index is -3.47. The van der Waals surface area contributed by atoms with E-state index in [0.29, 0.717) is 18.8 Å². The predicted molar refractivity (Wildman–Crippen MR) is 108 cm³/mol. The summed E-state index contributed by atoms with van der Waals surface area (Å²) in [7, 11) is -3.47. The second-order valence-electron chi connectivity index (χ2n) is 6.89. The Balaban J connectivity index is 1.61. The molecule has 0 atom stereocenters. The summed E-state index contributed by atoms with van der Waals surface area (Å²) >= 11 is 0. The van der Waals surface area contributed by atoms with Gasteiger partial charge >= 0.3 is 0 Å². The van der Waals surface area contributed by atoms with Crippen molar-refractivity contribution in [3.8, 4) is 0 Å². The Kier molecular flexibility index (Phi) is 5.70. The van der Waals surface area contributed by atoms with Crippen molar-refractivity contribution >= 4 is 27.3 Å². The number of aryl methyl sites for hydroxylation is 1. The summed E-state index contributed by atoms with van der Waals surface area (Å²) in [6.45, 7) is 6.50. The fourth-order valence-corrected chi connectivity index (χ4v) is 4.44. The summed E-state index contributed by atoms with van der Waals surface area (Å²) in [5.74, 6) is 0.0525. The molecule has 1 N–H and O–H groups in total. The van der Waals surface area contributed by atoms with Gasteiger partial charge in [0, 0.05) is 44.5 Å². The Morgan fingerprint density at radius 3 is 2.30 bits per heavy atom. The first kappa shape index (κ1) is 19.2. The molecule has 0 radical (unpaired) electrons. The number of carbonyl (C=O) groups is 1. The molecule has 0 saturated carbocycles. The molecule has 1 aliphatic rings. The van der Waals surface area contributed by atoms with Gasteiger partial charge in [0.2, 0.25) is 15.9 Å². The summed E-state index contributed by atoms with van der Waals surface area (Å²) in [4.78, 5) is 15.4. The summed E-state index contributed by atoms with van der Waals surface area (Å²) in [5, 5.41) is 0. The predicted octanol–water partition coefficient (Wildman–Crippen LogP) is 2.61. The summed E-state index contributed by atoms with van der Waals surface area (Å²) < 4.78 is 27.5. The third kappa shape index (κ3) is 5.23. The van der Waals surface area contributed by atoms with Crippen LogP contribution in [0.5, 0.6) is 0 Å². The highest BCUT2D eigenvalue weighted by Gasteiger charge is 2.19. The molecule has 6 nitrogen and oxygen atoms in total. The highest BCUT2D eigenvalue weighted by Crippen LogP contribution is 2.21. The van der Waals surface area contributed by atoms with E-state index in [2.05, 4.69) is 9.62 Å². The highest BCUT2D eigenvalue weighted by atomic mass is 32.2. The molecule has 1 fully saturated rings. The minimum Gasteiger partial charge on any atom is -0.368 e. The number of carbonyl (C=O) groups excluding carboxylic acids is 1. The second-order valence-corrected chi connectivity index (χ2v) is 8.61. The number of nitrogens with one attached hydrogen (secondary N) is 1. The molecule has 2 aromatic carbocycles. The monoisotopic (exact) mass is 387 g/mol. The van der Waals surface area contributed by atoms with Gasteiger partial charge in [-0.15, -0.1) is 0 Å². The van der Waals surface area contributed by atoms with E-state index in [4.69, 9.17) is 0 Å². The minimum absolute atomic E-state index is 0.0521. The number of piperazine rings is 1. The van der Waals surface area contributed by atoms with Crippen molar-refractivity contribution in [1.82, 2.24) is 4.90 Å². The lowest BCUT2D eigenvalue weighted by atomic mass is 10.2. The molecule has 3 rings (SSSR count). The van der Waals surface area contributed by atoms with Gasteiger partial charge in [-0.1, -0.05) is 29.8 Å². The van der Waals surface area contributed by atoms with E-state index in [1.807, 2.05) is 48.2 Å². The third-order valence-corrected chi connectivity index (χ3v) is 5.93. The molecule has 1 amide bonds. The van der Waals surface area contributed by atoms with Crippen LogP contribution in [0.4, 0.5) is 11.4 Å². The van der Waals surface area contributed by atoms with Crippen LogP contribution >= 0.6 is 0 Å². The third-order valence-electron chi connectivity index (χ3n) is 4.67. The number of hydrogen-bond acceptors (Lipinski definition) is 4. The quantitative estimate of drug-likeness (QED) is 0.856. The fraction of sp³-hybridized carbons (Fsp3) is 0.350. The van der Waals surface area contributed by atoms with Crippen molar-refractivity contribution in [1.29, 1.82) is 0 Å². The lowest BCUT2D eigenvalue weighted by molar-refractivity contribution is -0.129. The van der Waals surface area contributed by atoms with Crippen molar-refractivity contribution in [2.24, 2.45) is 0 Å². The largest absolute Gasteiger partial charge is 0.368 e. The zero-order valence-corrected chi connectivity index (χ0v) is 16.5. The number of rotatable bonds is 5. The smallest absolute Gasteiger partial charge is 0.236 e. The standard InChI is InChI=1S/C20H25N3O3S/c1-16-4-3-5-18(14-16)15-27(25,26)21-19-6-8-20(9-7-19)23-12-10-22(11-13-23)17(2)24/h3-9,14,21H,10-13,15H2,1-2H3. The van der Waals surface area contributed by atoms with Crippen LogP contribution in [0, 0.1) is 6.92 Å². The molecule has 7 heteroatoms. The van der Waals surface area contributed by atoms with Crippen LogP contribution < -0.4 is 9.62 Å². The van der Waals surface area contributed by atoms with Gasteiger partial charge in [0.15, 0.2) is 0 Å². The molecule has 1 heterocycles. The Bertz CT molecular complexity index is 902. The highest BCUT2D eigenvalue weighted by molar-refractivity contribution is 7.91. The van der Waals surface area contributed by atoms with Crippen LogP contribution in [0.3, 0.4) is 0 Å². The number of anilines is 2. The molecular weight excluding hydrogens is 362 g/mol. The van der Waals surface area contributed by atoms with Crippen LogP contribution in [0.25, 0.3) is 0 Å². The molecule has 0 aliphatic carbocycles. The average Bonchev–Trinajstić information content (AvgIpc) is 2.61. The van der Waals surface area contributed by atoms with Crippen LogP contribution in [0.15, 0.2) is 48.5 Å². The molecule has 0 unspecified atom stereocenters. The molecule has 0 bridgehead atoms. The van der Waals surface area contributed by atoms with Crippen LogP contribution in [-0.2, 0) is 20.6 Å². The fourth-order valence-electron chi connectivity index (χ4n) is 3.26. The molecule has 0 spiro atoms. The Morgan fingerprint density at radius 2 is 1.70 bits per heavy atom. The number of sulfonamides is 1. The van der Waals surface area contributed by atoms with Gasteiger partial charge in [-0.2, -0.15) is 0 Å². The average molecular weight is 388 g/mol. The lowest BCUT2D eigenvalue weighted by Gasteiger charge is -2.35. The zero-order valence-electron chi connectivity index (χ0n) is 15.7. The SMILES string of the molecule is CC(=O)N1CCN(c2ccc(NS(=O)(=O)Cc3cccc(C)c3)cc2)CC1. The van der Waals surface area contributed by atoms with E-state index in [-0.39, 0.29) is 11.7 Å². The van der Waals surface area contributed by atoms with Crippen molar-refractivity contribution in [3.63, 3.8) is 0 Å². The Morgan fingerprint density at radius 1 is 1.04 bits per heavy atom. The van der Waals surface area contributed by atoms with Crippen LogP contribution in [0.2, 0.25) is 0 Å². The first-order valence-electron chi connectivity index (χ1n) is 8.99. The van der Waals surface area contributed by atoms with Gasteiger partial charge in [0.05, 0.1) is 5.75 Å². The summed E-state index contributed by atoms with van der Waals surface area (Å²) in [6.07, 6.45) is 0. The molecule has 1 aliphatic heterocycles. The van der Waals surface area contributed by atoms with Gasteiger partial charge in [-0.05, 0) is 36.8 Å². The number of nitrogens with zero attached hydrogens (tertiary/aromatic N) is 2. The lowest BCUT2D eigenvalue weighted by Crippen LogP contribution is -2.48. The second kappa shape index (κ2) is 8.00. The Hall–Kier alpha value is -2.54. The molecule has 1 saturated heterocycles. The van der Waals surface area contributed by atoms with Gasteiger partial charge in [-0.3, -0.25) is 9.52 Å². The molecule has 27 heavy (non-hydrogen) atoms. The number of benzene rings is 2. The van der Waals surface area contributed by atoms with Crippen molar-refractivity contribution in [2.75, 3.05) is 35.8 Å². The maximum Gasteiger partial charge on any atom is 0.236 e. The summed E-state index contributed by atoms with van der Waals surface area (Å²) in [6, 6.07) is 14.9. The van der Waals surface area contributed by atoms with Gasteiger partial charge in [0.1, 0.15) is 0 Å². The van der Waals surface area contributed by atoms with Crippen LogP contribution in [0.1, 0.15) is 18.1 Å². The molecule has 2 aromatic rings. The van der Waals surface area contributed by atoms with Gasteiger partial charge in [-0.25, -0.2) is 8.42 Å². The van der Waals surface area contributed by atoms with Crippen molar-refractivity contribution < 1.29 is 13.2 Å². The zero-order chi connectivity index (χ0) is 19.4. The molecular formula is C20H25N3O3S. The molecule has 144 valence electrons. The van der Waals surface area contributed by atoms with E-state index >= 15 is 0 Å². The first-order valence-corrected chi connectivity index (χ1v) is 10.6. The van der Waals surface area contributed by atoms with Crippen molar-refractivity contribution in [2.45, 2.75) is 19.6 Å². The number of amides is 1. The van der Waals surface area contributed by atoms with E-state index in [0.717, 1.165) is 29.9 Å². The summed E-state index contributed by atoms with van der Waals surface area (Å²) in [5.41, 5.74) is 3.38. The van der Waals surface area contributed by atoms with Crippen LogP contribution in [-0.4, -0.2) is 45.4 Å². The normalized spacial score (nSPS) is 14.9. The first-order chi connectivity index (χ1) is 12.8. The van der Waals surface area contributed by atoms with E-state index in [9.17, 15) is 13.2 Å². The van der Waals surface area contributed by atoms with E-state index < -0.39 is 10.0 Å². The number of hydrogen-bond donors (Lipinski definition) is 1. The van der Waals surface area contributed by atoms with Crippen molar-refractivity contribution in [3.05, 3.63) is 59.7 Å². The maximum atomic E-state index is 12.4. The Labute approximate surface area is 160 Å². The van der Waals surface area contributed by atoms with E-state index in [1.54, 1.807) is 19.1 Å². The molecule has 0 aromatic heterocycles. The topological polar surface area (TPSA) is 69.7 Å².